The number of aryl methyl sites for hydroxylation is 1. The fourth-order valence-corrected chi connectivity index (χ4v) is 4.12. The number of ketones is 1. The summed E-state index contributed by atoms with van der Waals surface area (Å²) in [7, 11) is 1.60. The second kappa shape index (κ2) is 5.66. The second-order valence-electron chi connectivity index (χ2n) is 7.21. The van der Waals surface area contributed by atoms with Gasteiger partial charge in [-0.1, -0.05) is 54.1 Å². The van der Waals surface area contributed by atoms with Crippen LogP contribution in [0.1, 0.15) is 38.5 Å². The topological polar surface area (TPSA) is 84.0 Å². The van der Waals surface area contributed by atoms with Crippen molar-refractivity contribution in [1.82, 2.24) is 9.55 Å². The fraction of sp³-hybridized carbons (Fsp3) is 0.136. The van der Waals surface area contributed by atoms with E-state index in [0.29, 0.717) is 28.2 Å². The standard InChI is InChI=1S/C22H17N3O3/c1-11-7-9-12(10-8-11)15-16-18(13-5-3-4-6-14(13)19(16)26)23-20-17(15)21(27)24-22(28)25(20)2/h3-10,15,23H,1-2H3,(H,24,27,28)/t15-/m0/s1. The highest BCUT2D eigenvalue weighted by Crippen LogP contribution is 2.47. The van der Waals surface area contributed by atoms with Crippen LogP contribution in [0.2, 0.25) is 0 Å². The summed E-state index contributed by atoms with van der Waals surface area (Å²) in [6.45, 7) is 1.98. The molecule has 138 valence electrons. The Balaban J connectivity index is 1.87. The Hall–Kier alpha value is -3.67. The molecular weight excluding hydrogens is 354 g/mol. The van der Waals surface area contributed by atoms with Crippen molar-refractivity contribution in [3.05, 3.63) is 103 Å². The average molecular weight is 371 g/mol. The minimum atomic E-state index is -0.553. The van der Waals surface area contributed by atoms with Crippen molar-refractivity contribution in [1.29, 1.82) is 0 Å². The first-order valence-electron chi connectivity index (χ1n) is 9.02. The minimum Gasteiger partial charge on any atom is -0.340 e. The third-order valence-corrected chi connectivity index (χ3v) is 5.55. The predicted octanol–water partition coefficient (Wildman–Crippen LogP) is 2.55. The van der Waals surface area contributed by atoms with Crippen LogP contribution < -0.4 is 16.6 Å². The lowest BCUT2D eigenvalue weighted by Gasteiger charge is -2.29. The van der Waals surface area contributed by atoms with E-state index in [-0.39, 0.29) is 5.78 Å². The van der Waals surface area contributed by atoms with Crippen LogP contribution in [0, 0.1) is 6.92 Å². The van der Waals surface area contributed by atoms with Crippen LogP contribution in [-0.2, 0) is 7.05 Å². The van der Waals surface area contributed by atoms with Crippen LogP contribution >= 0.6 is 0 Å². The van der Waals surface area contributed by atoms with Crippen molar-refractivity contribution in [2.24, 2.45) is 7.05 Å². The summed E-state index contributed by atoms with van der Waals surface area (Å²) >= 11 is 0. The molecule has 0 fully saturated rings. The Kier molecular flexibility index (Phi) is 3.34. The van der Waals surface area contributed by atoms with Crippen molar-refractivity contribution in [2.45, 2.75) is 12.8 Å². The van der Waals surface area contributed by atoms with Crippen LogP contribution in [0.15, 0.2) is 63.7 Å². The Bertz CT molecular complexity index is 1310. The van der Waals surface area contributed by atoms with Gasteiger partial charge in [0.05, 0.1) is 11.3 Å². The summed E-state index contributed by atoms with van der Waals surface area (Å²) < 4.78 is 1.38. The van der Waals surface area contributed by atoms with Crippen molar-refractivity contribution in [3.63, 3.8) is 0 Å². The van der Waals surface area contributed by atoms with Crippen LogP contribution in [0.4, 0.5) is 5.82 Å². The predicted molar refractivity (Wildman–Crippen MR) is 107 cm³/mol. The highest BCUT2D eigenvalue weighted by atomic mass is 16.2. The van der Waals surface area contributed by atoms with E-state index in [4.69, 9.17) is 0 Å². The molecule has 2 aliphatic rings. The third kappa shape index (κ3) is 2.11. The molecule has 2 heterocycles. The molecule has 3 aromatic rings. The number of Topliss-reactive ketones (excluding diaryl/α,β-unsaturated/α-hetero) is 1. The normalized spacial score (nSPS) is 17.1. The molecule has 1 atom stereocenters. The van der Waals surface area contributed by atoms with E-state index in [0.717, 1.165) is 16.7 Å². The first-order chi connectivity index (χ1) is 13.5. The number of H-pyrrole nitrogens is 1. The monoisotopic (exact) mass is 371 g/mol. The smallest absolute Gasteiger partial charge is 0.329 e. The Labute approximate surface area is 160 Å². The number of hydrogen-bond acceptors (Lipinski definition) is 4. The highest BCUT2D eigenvalue weighted by molar-refractivity contribution is 6.23. The first kappa shape index (κ1) is 16.5. The van der Waals surface area contributed by atoms with Gasteiger partial charge in [0.1, 0.15) is 5.82 Å². The van der Waals surface area contributed by atoms with Gasteiger partial charge in [-0.15, -0.1) is 0 Å². The number of aromatic nitrogens is 2. The lowest BCUT2D eigenvalue weighted by atomic mass is 9.81. The van der Waals surface area contributed by atoms with Gasteiger partial charge in [0.25, 0.3) is 5.56 Å². The third-order valence-electron chi connectivity index (χ3n) is 5.55. The summed E-state index contributed by atoms with van der Waals surface area (Å²) in [6.07, 6.45) is 0. The summed E-state index contributed by atoms with van der Waals surface area (Å²) in [4.78, 5) is 40.6. The average Bonchev–Trinajstić information content (AvgIpc) is 2.98. The molecule has 0 unspecified atom stereocenters. The molecule has 1 aromatic heterocycles. The molecule has 5 rings (SSSR count). The van der Waals surface area contributed by atoms with Crippen LogP contribution in [-0.4, -0.2) is 15.3 Å². The van der Waals surface area contributed by atoms with Crippen LogP contribution in [0.5, 0.6) is 0 Å². The van der Waals surface area contributed by atoms with Crippen LogP contribution in [0.25, 0.3) is 5.70 Å². The molecular formula is C22H17N3O3. The van der Waals surface area contributed by atoms with Gasteiger partial charge in [0.2, 0.25) is 0 Å². The van der Waals surface area contributed by atoms with Crippen molar-refractivity contribution >= 4 is 17.3 Å². The summed E-state index contributed by atoms with van der Waals surface area (Å²) in [5.74, 6) is -0.229. The molecule has 0 saturated carbocycles. The summed E-state index contributed by atoms with van der Waals surface area (Å²) in [5.41, 5.74) is 3.93. The number of carbonyl (C=O) groups excluding carboxylic acids is 1. The maximum atomic E-state index is 13.3. The lowest BCUT2D eigenvalue weighted by Crippen LogP contribution is -2.37. The van der Waals surface area contributed by atoms with Gasteiger partial charge in [-0.05, 0) is 12.5 Å². The quantitative estimate of drug-likeness (QED) is 0.689. The van der Waals surface area contributed by atoms with Gasteiger partial charge in [-0.25, -0.2) is 4.79 Å². The molecule has 28 heavy (non-hydrogen) atoms. The van der Waals surface area contributed by atoms with Gasteiger partial charge >= 0.3 is 5.69 Å². The molecule has 6 heteroatoms. The zero-order chi connectivity index (χ0) is 19.6. The largest absolute Gasteiger partial charge is 0.340 e. The summed E-state index contributed by atoms with van der Waals surface area (Å²) in [6, 6.07) is 15.1. The van der Waals surface area contributed by atoms with E-state index >= 15 is 0 Å². The lowest BCUT2D eigenvalue weighted by molar-refractivity contribution is 0.103. The highest BCUT2D eigenvalue weighted by Gasteiger charge is 2.42. The number of anilines is 1. The molecule has 0 bridgehead atoms. The fourth-order valence-electron chi connectivity index (χ4n) is 4.12. The van der Waals surface area contributed by atoms with E-state index in [1.165, 1.54) is 4.57 Å². The van der Waals surface area contributed by atoms with Gasteiger partial charge in [0.15, 0.2) is 5.78 Å². The van der Waals surface area contributed by atoms with E-state index in [1.54, 1.807) is 13.1 Å². The Morgan fingerprint density at radius 2 is 1.61 bits per heavy atom. The maximum Gasteiger partial charge on any atom is 0.329 e. The summed E-state index contributed by atoms with van der Waals surface area (Å²) in [5, 5.41) is 3.21. The SMILES string of the molecule is Cc1ccc([C@H]2C3=C(Nc4c2c(=O)[nH]c(=O)n4C)c2ccccc2C3=O)cc1. The number of carbonyl (C=O) groups is 1. The van der Waals surface area contributed by atoms with E-state index in [1.807, 2.05) is 49.4 Å². The van der Waals surface area contributed by atoms with Gasteiger partial charge < -0.3 is 5.32 Å². The zero-order valence-corrected chi connectivity index (χ0v) is 15.4. The molecule has 0 amide bonds. The zero-order valence-electron chi connectivity index (χ0n) is 15.4. The molecule has 2 N–H and O–H groups in total. The van der Waals surface area contributed by atoms with Crippen molar-refractivity contribution in [2.75, 3.05) is 5.32 Å². The Morgan fingerprint density at radius 3 is 2.32 bits per heavy atom. The molecule has 0 radical (unpaired) electrons. The van der Waals surface area contributed by atoms with E-state index in [9.17, 15) is 14.4 Å². The van der Waals surface area contributed by atoms with E-state index in [2.05, 4.69) is 10.3 Å². The van der Waals surface area contributed by atoms with Gasteiger partial charge in [0, 0.05) is 29.7 Å². The number of aromatic amines is 1. The first-order valence-corrected chi connectivity index (χ1v) is 9.02. The number of nitrogens with zero attached hydrogens (tertiary/aromatic N) is 1. The van der Waals surface area contributed by atoms with Gasteiger partial charge in [-0.2, -0.15) is 0 Å². The maximum absolute atomic E-state index is 13.3. The minimum absolute atomic E-state index is 0.0948. The van der Waals surface area contributed by atoms with Crippen molar-refractivity contribution < 1.29 is 4.79 Å². The molecule has 0 spiro atoms. The van der Waals surface area contributed by atoms with Crippen molar-refractivity contribution in [3.8, 4) is 0 Å². The number of allylic oxidation sites excluding steroid dienone is 1. The number of rotatable bonds is 1. The Morgan fingerprint density at radius 1 is 0.929 bits per heavy atom. The number of fused-ring (bicyclic) bond motifs is 3. The van der Waals surface area contributed by atoms with Crippen LogP contribution in [0.3, 0.4) is 0 Å². The number of nitrogens with one attached hydrogen (secondary N) is 2. The molecule has 0 saturated heterocycles. The molecule has 1 aliphatic heterocycles. The number of benzene rings is 2. The molecule has 1 aliphatic carbocycles. The molecule has 6 nitrogen and oxygen atoms in total. The second-order valence-corrected chi connectivity index (χ2v) is 7.21. The molecule has 2 aromatic carbocycles. The van der Waals surface area contributed by atoms with E-state index < -0.39 is 17.2 Å². The van der Waals surface area contributed by atoms with Gasteiger partial charge in [-0.3, -0.25) is 19.1 Å². The number of hydrogen-bond donors (Lipinski definition) is 2.